The van der Waals surface area contributed by atoms with Gasteiger partial charge in [0.05, 0.1) is 24.6 Å². The zero-order chi connectivity index (χ0) is 13.5. The number of amides is 1. The third-order valence-corrected chi connectivity index (χ3v) is 3.23. The Labute approximate surface area is 111 Å². The summed E-state index contributed by atoms with van der Waals surface area (Å²) in [4.78, 5) is 29.7. The lowest BCUT2D eigenvalue weighted by Gasteiger charge is -2.15. The zero-order valence-corrected chi connectivity index (χ0v) is 11.7. The van der Waals surface area contributed by atoms with Gasteiger partial charge in [0.2, 0.25) is 5.91 Å². The minimum absolute atomic E-state index is 0.0610. The Morgan fingerprint density at radius 3 is 2.72 bits per heavy atom. The fourth-order valence-electron chi connectivity index (χ4n) is 1.43. The quantitative estimate of drug-likeness (QED) is 0.739. The van der Waals surface area contributed by atoms with Crippen molar-refractivity contribution in [2.75, 3.05) is 13.7 Å². The molecule has 0 aromatic carbocycles. The standard InChI is InChI=1S/C12H18N2O3S/c1-4-17-12(16)6-5-11(15)14(3)8-10-7-13-9(2)18-10/h7H,4-6,8H2,1-3H3. The van der Waals surface area contributed by atoms with E-state index in [-0.39, 0.29) is 24.7 Å². The molecular weight excluding hydrogens is 252 g/mol. The molecule has 1 amide bonds. The molecule has 0 radical (unpaired) electrons. The summed E-state index contributed by atoms with van der Waals surface area (Å²) >= 11 is 1.57. The molecule has 0 saturated heterocycles. The number of aryl methyl sites for hydroxylation is 1. The lowest BCUT2D eigenvalue weighted by atomic mass is 10.3. The van der Waals surface area contributed by atoms with Gasteiger partial charge in [-0.1, -0.05) is 0 Å². The first kappa shape index (κ1) is 14.6. The van der Waals surface area contributed by atoms with Crippen LogP contribution in [0.3, 0.4) is 0 Å². The molecule has 1 aromatic rings. The summed E-state index contributed by atoms with van der Waals surface area (Å²) in [6.45, 7) is 4.56. The van der Waals surface area contributed by atoms with E-state index in [1.54, 1.807) is 36.4 Å². The maximum absolute atomic E-state index is 11.8. The molecule has 0 fully saturated rings. The number of nitrogens with zero attached hydrogens (tertiary/aromatic N) is 2. The van der Waals surface area contributed by atoms with Crippen molar-refractivity contribution in [1.29, 1.82) is 0 Å². The summed E-state index contributed by atoms with van der Waals surface area (Å²) in [5.41, 5.74) is 0. The molecule has 0 bridgehead atoms. The third kappa shape index (κ3) is 4.83. The monoisotopic (exact) mass is 270 g/mol. The summed E-state index contributed by atoms with van der Waals surface area (Å²) in [6.07, 6.45) is 2.10. The van der Waals surface area contributed by atoms with Crippen molar-refractivity contribution in [2.45, 2.75) is 33.2 Å². The minimum atomic E-state index is -0.326. The second-order valence-corrected chi connectivity index (χ2v) is 5.22. The molecule has 0 saturated carbocycles. The maximum Gasteiger partial charge on any atom is 0.306 e. The molecule has 1 rings (SSSR count). The van der Waals surface area contributed by atoms with Crippen molar-refractivity contribution in [3.05, 3.63) is 16.1 Å². The molecule has 0 aliphatic rings. The fourth-order valence-corrected chi connectivity index (χ4v) is 2.28. The molecule has 1 aromatic heterocycles. The van der Waals surface area contributed by atoms with Gasteiger partial charge in [0.15, 0.2) is 0 Å². The number of hydrogen-bond acceptors (Lipinski definition) is 5. The van der Waals surface area contributed by atoms with Crippen molar-refractivity contribution in [1.82, 2.24) is 9.88 Å². The van der Waals surface area contributed by atoms with Crippen LogP contribution in [0.25, 0.3) is 0 Å². The molecule has 1 heterocycles. The van der Waals surface area contributed by atoms with E-state index in [9.17, 15) is 9.59 Å². The summed E-state index contributed by atoms with van der Waals surface area (Å²) in [5.74, 6) is -0.387. The summed E-state index contributed by atoms with van der Waals surface area (Å²) in [5, 5.41) is 0.984. The van der Waals surface area contributed by atoms with Crippen LogP contribution in [-0.2, 0) is 20.9 Å². The van der Waals surface area contributed by atoms with E-state index in [1.807, 2.05) is 6.92 Å². The first-order valence-corrected chi connectivity index (χ1v) is 6.65. The van der Waals surface area contributed by atoms with Crippen LogP contribution >= 0.6 is 11.3 Å². The zero-order valence-electron chi connectivity index (χ0n) is 10.9. The van der Waals surface area contributed by atoms with E-state index >= 15 is 0 Å². The SMILES string of the molecule is CCOC(=O)CCC(=O)N(C)Cc1cnc(C)s1. The van der Waals surface area contributed by atoms with Gasteiger partial charge in [0.1, 0.15) is 0 Å². The Morgan fingerprint density at radius 2 is 2.17 bits per heavy atom. The average molecular weight is 270 g/mol. The third-order valence-electron chi connectivity index (χ3n) is 2.34. The molecule has 0 aliphatic carbocycles. The van der Waals surface area contributed by atoms with Crippen LogP contribution in [0.5, 0.6) is 0 Å². The van der Waals surface area contributed by atoms with Crippen LogP contribution in [0.1, 0.15) is 29.7 Å². The van der Waals surface area contributed by atoms with E-state index in [4.69, 9.17) is 4.74 Å². The van der Waals surface area contributed by atoms with Crippen LogP contribution < -0.4 is 0 Å². The molecule has 6 heteroatoms. The average Bonchev–Trinajstić information content (AvgIpc) is 2.72. The van der Waals surface area contributed by atoms with Crippen molar-refractivity contribution in [3.8, 4) is 0 Å². The molecular formula is C12H18N2O3S. The van der Waals surface area contributed by atoms with Gasteiger partial charge in [-0.2, -0.15) is 0 Å². The van der Waals surface area contributed by atoms with Gasteiger partial charge in [-0.3, -0.25) is 9.59 Å². The lowest BCUT2D eigenvalue weighted by Crippen LogP contribution is -2.26. The predicted molar refractivity (Wildman–Crippen MR) is 69.2 cm³/mol. The molecule has 0 aliphatic heterocycles. The van der Waals surface area contributed by atoms with Gasteiger partial charge in [0.25, 0.3) is 0 Å². The van der Waals surface area contributed by atoms with E-state index in [0.717, 1.165) is 9.88 Å². The molecule has 0 atom stereocenters. The van der Waals surface area contributed by atoms with Crippen molar-refractivity contribution >= 4 is 23.2 Å². The maximum atomic E-state index is 11.8. The molecule has 0 N–H and O–H groups in total. The Hall–Kier alpha value is -1.43. The number of esters is 1. The highest BCUT2D eigenvalue weighted by atomic mass is 32.1. The Kier molecular flexibility index (Phi) is 5.77. The highest BCUT2D eigenvalue weighted by Gasteiger charge is 2.13. The van der Waals surface area contributed by atoms with Crippen LogP contribution in [-0.4, -0.2) is 35.4 Å². The Bertz CT molecular complexity index is 417. The second-order valence-electron chi connectivity index (χ2n) is 3.90. The molecule has 5 nitrogen and oxygen atoms in total. The first-order valence-electron chi connectivity index (χ1n) is 5.83. The number of ether oxygens (including phenoxy) is 1. The number of carbonyl (C=O) groups excluding carboxylic acids is 2. The van der Waals surface area contributed by atoms with E-state index in [2.05, 4.69) is 4.98 Å². The number of rotatable bonds is 6. The molecule has 18 heavy (non-hydrogen) atoms. The van der Waals surface area contributed by atoms with Gasteiger partial charge in [-0.15, -0.1) is 11.3 Å². The van der Waals surface area contributed by atoms with Crippen molar-refractivity contribution in [2.24, 2.45) is 0 Å². The summed E-state index contributed by atoms with van der Waals surface area (Å²) in [7, 11) is 1.72. The highest BCUT2D eigenvalue weighted by molar-refractivity contribution is 7.11. The van der Waals surface area contributed by atoms with Gasteiger partial charge >= 0.3 is 5.97 Å². The normalized spacial score (nSPS) is 10.2. The van der Waals surface area contributed by atoms with Gasteiger partial charge < -0.3 is 9.64 Å². The topological polar surface area (TPSA) is 59.5 Å². The second kappa shape index (κ2) is 7.10. The van der Waals surface area contributed by atoms with Crippen molar-refractivity contribution < 1.29 is 14.3 Å². The highest BCUT2D eigenvalue weighted by Crippen LogP contribution is 2.14. The number of aromatic nitrogens is 1. The molecule has 0 spiro atoms. The first-order chi connectivity index (χ1) is 8.52. The number of carbonyl (C=O) groups is 2. The van der Waals surface area contributed by atoms with Crippen LogP contribution in [0.4, 0.5) is 0 Å². The van der Waals surface area contributed by atoms with Gasteiger partial charge in [0, 0.05) is 24.5 Å². The summed E-state index contributed by atoms with van der Waals surface area (Å²) < 4.78 is 4.78. The molecule has 0 unspecified atom stereocenters. The Morgan fingerprint density at radius 1 is 1.44 bits per heavy atom. The van der Waals surface area contributed by atoms with Crippen LogP contribution in [0, 0.1) is 6.92 Å². The largest absolute Gasteiger partial charge is 0.466 e. The lowest BCUT2D eigenvalue weighted by molar-refractivity contribution is -0.145. The van der Waals surface area contributed by atoms with Crippen LogP contribution in [0.15, 0.2) is 6.20 Å². The minimum Gasteiger partial charge on any atom is -0.466 e. The van der Waals surface area contributed by atoms with Gasteiger partial charge in [-0.25, -0.2) is 4.98 Å². The summed E-state index contributed by atoms with van der Waals surface area (Å²) in [6, 6.07) is 0. The van der Waals surface area contributed by atoms with Gasteiger partial charge in [-0.05, 0) is 13.8 Å². The fraction of sp³-hybridized carbons (Fsp3) is 0.583. The van der Waals surface area contributed by atoms with E-state index in [1.165, 1.54) is 0 Å². The van der Waals surface area contributed by atoms with E-state index < -0.39 is 0 Å². The number of hydrogen-bond donors (Lipinski definition) is 0. The molecule has 100 valence electrons. The van der Waals surface area contributed by atoms with Crippen molar-refractivity contribution in [3.63, 3.8) is 0 Å². The Balaban J connectivity index is 2.35. The smallest absolute Gasteiger partial charge is 0.306 e. The predicted octanol–water partition coefficient (Wildman–Crippen LogP) is 1.75. The van der Waals surface area contributed by atoms with E-state index in [0.29, 0.717) is 13.2 Å². The van der Waals surface area contributed by atoms with Crippen LogP contribution in [0.2, 0.25) is 0 Å². The number of thiazole rings is 1.